The molecule has 0 fully saturated rings. The summed E-state index contributed by atoms with van der Waals surface area (Å²) >= 11 is 0. The van der Waals surface area contributed by atoms with Crippen LogP contribution in [0.2, 0.25) is 0 Å². The second-order valence-corrected chi connectivity index (χ2v) is 8.56. The van der Waals surface area contributed by atoms with Crippen molar-refractivity contribution in [2.75, 3.05) is 18.1 Å². The minimum Gasteiger partial charge on any atom is -0.392 e. The molecule has 4 nitrogen and oxygen atoms in total. The average Bonchev–Trinajstić information content (AvgIpc) is 2.25. The smallest absolute Gasteiger partial charge is 0.151 e. The van der Waals surface area contributed by atoms with Gasteiger partial charge in [-0.1, -0.05) is 34.6 Å². The number of hydrogen-bond acceptors (Lipinski definition) is 4. The van der Waals surface area contributed by atoms with Gasteiger partial charge in [0.25, 0.3) is 0 Å². The Balaban J connectivity index is 4.32. The number of hydrogen-bond donors (Lipinski definition) is 2. The van der Waals surface area contributed by atoms with Crippen molar-refractivity contribution in [2.45, 2.75) is 53.7 Å². The third-order valence-electron chi connectivity index (χ3n) is 3.28. The van der Waals surface area contributed by atoms with Gasteiger partial charge in [-0.2, -0.15) is 0 Å². The molecule has 0 aliphatic rings. The summed E-state index contributed by atoms with van der Waals surface area (Å²) in [5.74, 6) is 0.519. The Bertz CT molecular complexity index is 336. The van der Waals surface area contributed by atoms with Crippen LogP contribution in [-0.4, -0.2) is 43.7 Å². The molecule has 0 heterocycles. The van der Waals surface area contributed by atoms with Gasteiger partial charge in [0.2, 0.25) is 0 Å². The van der Waals surface area contributed by atoms with E-state index in [-0.39, 0.29) is 28.9 Å². The molecule has 2 unspecified atom stereocenters. The van der Waals surface area contributed by atoms with Gasteiger partial charge in [0, 0.05) is 23.8 Å². The van der Waals surface area contributed by atoms with Crippen molar-refractivity contribution in [2.24, 2.45) is 11.3 Å². The van der Waals surface area contributed by atoms with Crippen LogP contribution >= 0.6 is 0 Å². The third-order valence-corrected chi connectivity index (χ3v) is 5.17. The molecule has 0 rings (SSSR count). The summed E-state index contributed by atoms with van der Waals surface area (Å²) in [5, 5.41) is 13.3. The number of nitrogens with one attached hydrogen (secondary N) is 1. The monoisotopic (exact) mass is 279 g/mol. The summed E-state index contributed by atoms with van der Waals surface area (Å²) in [4.78, 5) is 0. The predicted octanol–water partition coefficient (Wildman–Crippen LogP) is 1.44. The van der Waals surface area contributed by atoms with E-state index in [0.717, 1.165) is 0 Å². The van der Waals surface area contributed by atoms with Crippen LogP contribution in [0.3, 0.4) is 0 Å². The highest BCUT2D eigenvalue weighted by atomic mass is 32.2. The molecule has 0 saturated heterocycles. The highest BCUT2D eigenvalue weighted by Crippen LogP contribution is 2.25. The van der Waals surface area contributed by atoms with E-state index < -0.39 is 15.9 Å². The number of sulfone groups is 1. The van der Waals surface area contributed by atoms with E-state index in [4.69, 9.17) is 0 Å². The quantitative estimate of drug-likeness (QED) is 0.705. The fourth-order valence-corrected chi connectivity index (χ4v) is 3.12. The van der Waals surface area contributed by atoms with E-state index in [1.807, 2.05) is 34.6 Å². The molecule has 0 saturated carbocycles. The maximum absolute atomic E-state index is 11.5. The predicted molar refractivity (Wildman–Crippen MR) is 76.4 cm³/mol. The van der Waals surface area contributed by atoms with Gasteiger partial charge < -0.3 is 10.4 Å². The van der Waals surface area contributed by atoms with Crippen molar-refractivity contribution in [3.8, 4) is 0 Å². The van der Waals surface area contributed by atoms with E-state index >= 15 is 0 Å². The first-order valence-electron chi connectivity index (χ1n) is 6.63. The zero-order chi connectivity index (χ0) is 14.6. The van der Waals surface area contributed by atoms with Crippen LogP contribution in [0.1, 0.15) is 41.5 Å². The number of aliphatic hydroxyl groups is 1. The number of rotatable bonds is 8. The molecule has 0 aliphatic carbocycles. The first-order valence-corrected chi connectivity index (χ1v) is 8.46. The molecule has 0 radical (unpaired) electrons. The molecule has 0 spiro atoms. The first kappa shape index (κ1) is 17.9. The van der Waals surface area contributed by atoms with Gasteiger partial charge in [0.1, 0.15) is 0 Å². The summed E-state index contributed by atoms with van der Waals surface area (Å²) in [7, 11) is -2.95. The summed E-state index contributed by atoms with van der Waals surface area (Å²) < 4.78 is 23.0. The van der Waals surface area contributed by atoms with E-state index in [1.165, 1.54) is 0 Å². The van der Waals surface area contributed by atoms with Crippen molar-refractivity contribution in [1.82, 2.24) is 5.32 Å². The van der Waals surface area contributed by atoms with Crippen molar-refractivity contribution in [1.29, 1.82) is 0 Å². The molecular formula is C13H29NO3S. The standard InChI is InChI=1S/C13H29NO3S/c1-7-18(16,17)8-11(4)14-9-13(5,6)12(15)10(2)3/h10-12,14-15H,7-9H2,1-6H3. The third kappa shape index (κ3) is 6.16. The van der Waals surface area contributed by atoms with E-state index in [9.17, 15) is 13.5 Å². The minimum absolute atomic E-state index is 0.0893. The Morgan fingerprint density at radius 1 is 1.22 bits per heavy atom. The summed E-state index contributed by atoms with van der Waals surface area (Å²) in [5.41, 5.74) is -0.265. The van der Waals surface area contributed by atoms with Crippen molar-refractivity contribution >= 4 is 9.84 Å². The van der Waals surface area contributed by atoms with E-state index in [1.54, 1.807) is 6.92 Å². The summed E-state index contributed by atoms with van der Waals surface area (Å²) in [6.07, 6.45) is -0.403. The van der Waals surface area contributed by atoms with Gasteiger partial charge in [-0.3, -0.25) is 0 Å². The Kier molecular flexibility index (Phi) is 6.82. The summed E-state index contributed by atoms with van der Waals surface area (Å²) in [6, 6.07) is -0.0893. The van der Waals surface area contributed by atoms with Crippen LogP contribution in [0.15, 0.2) is 0 Å². The Morgan fingerprint density at radius 2 is 1.72 bits per heavy atom. The van der Waals surface area contributed by atoms with Gasteiger partial charge in [0.15, 0.2) is 9.84 Å². The molecule has 2 N–H and O–H groups in total. The van der Waals surface area contributed by atoms with Gasteiger partial charge >= 0.3 is 0 Å². The number of aliphatic hydroxyl groups excluding tert-OH is 1. The molecule has 0 amide bonds. The largest absolute Gasteiger partial charge is 0.392 e. The van der Waals surface area contributed by atoms with Gasteiger partial charge in [-0.25, -0.2) is 8.42 Å². The van der Waals surface area contributed by atoms with Crippen LogP contribution in [0.4, 0.5) is 0 Å². The minimum atomic E-state index is -2.95. The molecule has 0 bridgehead atoms. The Labute approximate surface area is 112 Å². The zero-order valence-corrected chi connectivity index (χ0v) is 13.3. The molecule has 5 heteroatoms. The average molecular weight is 279 g/mol. The molecule has 18 heavy (non-hydrogen) atoms. The van der Waals surface area contributed by atoms with Gasteiger partial charge in [-0.05, 0) is 12.8 Å². The highest BCUT2D eigenvalue weighted by Gasteiger charge is 2.30. The normalized spacial score (nSPS) is 16.9. The lowest BCUT2D eigenvalue weighted by atomic mass is 9.80. The lowest BCUT2D eigenvalue weighted by molar-refractivity contribution is 0.0127. The van der Waals surface area contributed by atoms with Crippen molar-refractivity contribution in [3.63, 3.8) is 0 Å². The second kappa shape index (κ2) is 6.87. The lowest BCUT2D eigenvalue weighted by Gasteiger charge is -2.34. The fraction of sp³-hybridized carbons (Fsp3) is 1.00. The van der Waals surface area contributed by atoms with Crippen LogP contribution in [0.25, 0.3) is 0 Å². The van der Waals surface area contributed by atoms with Crippen LogP contribution in [-0.2, 0) is 9.84 Å². The fourth-order valence-electron chi connectivity index (χ4n) is 2.00. The van der Waals surface area contributed by atoms with Crippen LogP contribution in [0.5, 0.6) is 0 Å². The maximum Gasteiger partial charge on any atom is 0.151 e. The van der Waals surface area contributed by atoms with Crippen LogP contribution < -0.4 is 5.32 Å². The Hall–Kier alpha value is -0.130. The molecule has 0 aromatic rings. The van der Waals surface area contributed by atoms with E-state index in [2.05, 4.69) is 5.32 Å². The van der Waals surface area contributed by atoms with Crippen molar-refractivity contribution in [3.05, 3.63) is 0 Å². The van der Waals surface area contributed by atoms with Crippen LogP contribution in [0, 0.1) is 11.3 Å². The topological polar surface area (TPSA) is 66.4 Å². The molecule has 0 aromatic carbocycles. The molecule has 0 aliphatic heterocycles. The molecule has 2 atom stereocenters. The molecule has 0 aromatic heterocycles. The van der Waals surface area contributed by atoms with Gasteiger partial charge in [0.05, 0.1) is 11.9 Å². The van der Waals surface area contributed by atoms with Crippen molar-refractivity contribution < 1.29 is 13.5 Å². The molecule has 110 valence electrons. The SMILES string of the molecule is CCS(=O)(=O)CC(C)NCC(C)(C)C(O)C(C)C. The summed E-state index contributed by atoms with van der Waals surface area (Å²) in [6.45, 7) is 12.1. The maximum atomic E-state index is 11.5. The second-order valence-electron chi connectivity index (χ2n) is 6.16. The van der Waals surface area contributed by atoms with Gasteiger partial charge in [-0.15, -0.1) is 0 Å². The lowest BCUT2D eigenvalue weighted by Crippen LogP contribution is -2.45. The molecular weight excluding hydrogens is 250 g/mol. The first-order chi connectivity index (χ1) is 8.02. The zero-order valence-electron chi connectivity index (χ0n) is 12.5. The van der Waals surface area contributed by atoms with E-state index in [0.29, 0.717) is 6.54 Å². The Morgan fingerprint density at radius 3 is 2.11 bits per heavy atom. The highest BCUT2D eigenvalue weighted by molar-refractivity contribution is 7.91.